The van der Waals surface area contributed by atoms with Crippen LogP contribution in [0.1, 0.15) is 41.7 Å². The summed E-state index contributed by atoms with van der Waals surface area (Å²) in [6, 6.07) is 16.0. The summed E-state index contributed by atoms with van der Waals surface area (Å²) in [6.07, 6.45) is 0.200. The summed E-state index contributed by atoms with van der Waals surface area (Å²) in [7, 11) is 3.13. The van der Waals surface area contributed by atoms with E-state index in [1.807, 2.05) is 37.3 Å². The molecule has 4 rings (SSSR count). The Bertz CT molecular complexity index is 1090. The fourth-order valence-electron chi connectivity index (χ4n) is 4.41. The quantitative estimate of drug-likeness (QED) is 0.673. The van der Waals surface area contributed by atoms with Gasteiger partial charge in [-0.2, -0.15) is 0 Å². The third kappa shape index (κ3) is 3.23. The number of ether oxygens (including phenoxy) is 1. The second-order valence-corrected chi connectivity index (χ2v) is 8.09. The van der Waals surface area contributed by atoms with Crippen molar-refractivity contribution in [3.63, 3.8) is 0 Å². The van der Waals surface area contributed by atoms with Crippen LogP contribution in [0.2, 0.25) is 0 Å². The highest BCUT2D eigenvalue weighted by molar-refractivity contribution is 6.15. The largest absolute Gasteiger partial charge is 0.452 e. The van der Waals surface area contributed by atoms with Crippen molar-refractivity contribution in [2.24, 2.45) is 0 Å². The molecule has 0 saturated carbocycles. The molecule has 2 heterocycles. The smallest absolute Gasteiger partial charge is 0.354 e. The lowest BCUT2D eigenvalue weighted by Crippen LogP contribution is -2.67. The second-order valence-electron chi connectivity index (χ2n) is 8.09. The molecule has 0 radical (unpaired) electrons. The number of rotatable bonds is 5. The maximum absolute atomic E-state index is 13.3. The van der Waals surface area contributed by atoms with E-state index < -0.39 is 18.2 Å². The molecule has 3 amide bonds. The Kier molecular flexibility index (Phi) is 5.46. The van der Waals surface area contributed by atoms with E-state index >= 15 is 0 Å². The SMILES string of the molecule is CC(c1ccccc1)N(C)C(=O)COC(=O)C12CCC(=O)N1c1ccccc1C(=O)N2C. The van der Waals surface area contributed by atoms with E-state index in [1.54, 1.807) is 31.3 Å². The summed E-state index contributed by atoms with van der Waals surface area (Å²) in [6.45, 7) is 1.40. The number of para-hydroxylation sites is 1. The van der Waals surface area contributed by atoms with Crippen LogP contribution in [-0.4, -0.2) is 59.9 Å². The number of nitrogens with zero attached hydrogens (tertiary/aromatic N) is 3. The number of anilines is 1. The molecule has 8 heteroatoms. The Labute approximate surface area is 186 Å². The minimum atomic E-state index is -1.59. The molecule has 2 aliphatic heterocycles. The van der Waals surface area contributed by atoms with E-state index in [-0.39, 0.29) is 36.6 Å². The van der Waals surface area contributed by atoms with Crippen molar-refractivity contribution in [2.45, 2.75) is 31.5 Å². The van der Waals surface area contributed by atoms with Gasteiger partial charge in [-0.25, -0.2) is 4.79 Å². The van der Waals surface area contributed by atoms with E-state index in [0.717, 1.165) is 5.56 Å². The van der Waals surface area contributed by atoms with Gasteiger partial charge in [-0.15, -0.1) is 0 Å². The molecule has 2 aromatic rings. The fraction of sp³-hybridized carbons (Fsp3) is 0.333. The third-order valence-electron chi connectivity index (χ3n) is 6.45. The summed E-state index contributed by atoms with van der Waals surface area (Å²) in [5, 5.41) is 0. The first kappa shape index (κ1) is 21.5. The van der Waals surface area contributed by atoms with Crippen molar-refractivity contribution in [1.29, 1.82) is 0 Å². The Morgan fingerprint density at radius 2 is 1.75 bits per heavy atom. The average molecular weight is 435 g/mol. The molecule has 0 spiro atoms. The first-order chi connectivity index (χ1) is 15.3. The van der Waals surface area contributed by atoms with Crippen molar-refractivity contribution in [2.75, 3.05) is 25.6 Å². The molecule has 8 nitrogen and oxygen atoms in total. The number of amides is 3. The van der Waals surface area contributed by atoms with Gasteiger partial charge in [-0.05, 0) is 24.6 Å². The molecule has 1 fully saturated rings. The van der Waals surface area contributed by atoms with Gasteiger partial charge in [0.15, 0.2) is 6.61 Å². The highest BCUT2D eigenvalue weighted by Crippen LogP contribution is 2.44. The predicted molar refractivity (Wildman–Crippen MR) is 117 cm³/mol. The van der Waals surface area contributed by atoms with Gasteiger partial charge in [0.1, 0.15) is 0 Å². The number of esters is 1. The molecular weight excluding hydrogens is 410 g/mol. The number of carbonyl (C=O) groups excluding carboxylic acids is 4. The van der Waals surface area contributed by atoms with Crippen LogP contribution in [0.25, 0.3) is 0 Å². The van der Waals surface area contributed by atoms with Crippen LogP contribution in [0.5, 0.6) is 0 Å². The second kappa shape index (κ2) is 8.11. The van der Waals surface area contributed by atoms with Crippen molar-refractivity contribution < 1.29 is 23.9 Å². The molecule has 2 aliphatic rings. The lowest BCUT2D eigenvalue weighted by Gasteiger charge is -2.46. The van der Waals surface area contributed by atoms with Crippen molar-refractivity contribution in [3.8, 4) is 0 Å². The fourth-order valence-corrected chi connectivity index (χ4v) is 4.41. The Hall–Kier alpha value is -3.68. The summed E-state index contributed by atoms with van der Waals surface area (Å²) < 4.78 is 5.42. The Morgan fingerprint density at radius 3 is 2.47 bits per heavy atom. The zero-order chi connectivity index (χ0) is 23.0. The molecule has 0 aromatic heterocycles. The Balaban J connectivity index is 1.54. The Morgan fingerprint density at radius 1 is 1.09 bits per heavy atom. The van der Waals surface area contributed by atoms with Crippen molar-refractivity contribution >= 4 is 29.4 Å². The van der Waals surface area contributed by atoms with E-state index in [4.69, 9.17) is 4.74 Å². The van der Waals surface area contributed by atoms with Gasteiger partial charge in [-0.3, -0.25) is 19.3 Å². The monoisotopic (exact) mass is 435 g/mol. The zero-order valence-corrected chi connectivity index (χ0v) is 18.3. The predicted octanol–water partition coefficient (Wildman–Crippen LogP) is 2.36. The van der Waals surface area contributed by atoms with Crippen LogP contribution in [-0.2, 0) is 19.1 Å². The molecule has 32 heavy (non-hydrogen) atoms. The minimum absolute atomic E-state index is 0.0972. The highest BCUT2D eigenvalue weighted by atomic mass is 16.5. The molecule has 166 valence electrons. The van der Waals surface area contributed by atoms with Crippen LogP contribution < -0.4 is 4.90 Å². The summed E-state index contributed by atoms with van der Waals surface area (Å²) >= 11 is 0. The molecule has 2 aromatic carbocycles. The normalized spacial score (nSPS) is 20.5. The van der Waals surface area contributed by atoms with Crippen LogP contribution >= 0.6 is 0 Å². The molecule has 1 saturated heterocycles. The maximum Gasteiger partial charge on any atom is 0.354 e. The van der Waals surface area contributed by atoms with Crippen LogP contribution in [0.3, 0.4) is 0 Å². The zero-order valence-electron chi connectivity index (χ0n) is 18.3. The summed E-state index contributed by atoms with van der Waals surface area (Å²) in [4.78, 5) is 55.8. The van der Waals surface area contributed by atoms with Gasteiger partial charge in [0.25, 0.3) is 11.8 Å². The van der Waals surface area contributed by atoms with E-state index in [9.17, 15) is 19.2 Å². The van der Waals surface area contributed by atoms with Gasteiger partial charge in [-0.1, -0.05) is 42.5 Å². The summed E-state index contributed by atoms with van der Waals surface area (Å²) in [5.41, 5.74) is 0.0966. The van der Waals surface area contributed by atoms with Gasteiger partial charge in [0, 0.05) is 26.9 Å². The lowest BCUT2D eigenvalue weighted by molar-refractivity contribution is -0.161. The number of hydrogen-bond acceptors (Lipinski definition) is 5. The van der Waals surface area contributed by atoms with Gasteiger partial charge >= 0.3 is 5.97 Å². The number of fused-ring (bicyclic) bond motifs is 3. The molecule has 2 atom stereocenters. The van der Waals surface area contributed by atoms with Crippen molar-refractivity contribution in [1.82, 2.24) is 9.80 Å². The lowest BCUT2D eigenvalue weighted by atomic mass is 9.97. The first-order valence-electron chi connectivity index (χ1n) is 10.5. The highest BCUT2D eigenvalue weighted by Gasteiger charge is 2.60. The standard InChI is InChI=1S/C24H25N3O5/c1-16(17-9-5-4-6-10-17)25(2)21(29)15-32-23(31)24-14-13-20(28)27(24)19-12-8-7-11-18(19)22(30)26(24)3/h4-12,16H,13-15H2,1-3H3. The molecule has 2 unspecified atom stereocenters. The number of hydrogen-bond donors (Lipinski definition) is 0. The van der Waals surface area contributed by atoms with Crippen LogP contribution in [0.4, 0.5) is 5.69 Å². The van der Waals surface area contributed by atoms with E-state index in [2.05, 4.69) is 0 Å². The molecular formula is C24H25N3O5. The van der Waals surface area contributed by atoms with E-state index in [0.29, 0.717) is 11.3 Å². The average Bonchev–Trinajstić information content (AvgIpc) is 3.18. The van der Waals surface area contributed by atoms with Gasteiger partial charge in [0.2, 0.25) is 11.6 Å². The molecule has 0 N–H and O–H groups in total. The number of likely N-dealkylation sites (N-methyl/N-ethyl adjacent to an activating group) is 2. The third-order valence-corrected chi connectivity index (χ3v) is 6.45. The van der Waals surface area contributed by atoms with Gasteiger partial charge < -0.3 is 14.5 Å². The maximum atomic E-state index is 13.3. The van der Waals surface area contributed by atoms with Crippen molar-refractivity contribution in [3.05, 3.63) is 65.7 Å². The number of carbonyl (C=O) groups is 4. The topological polar surface area (TPSA) is 87.2 Å². The van der Waals surface area contributed by atoms with Crippen LogP contribution in [0, 0.1) is 0 Å². The minimum Gasteiger partial charge on any atom is -0.452 e. The van der Waals surface area contributed by atoms with E-state index in [1.165, 1.54) is 21.7 Å². The first-order valence-corrected chi connectivity index (χ1v) is 10.5. The van der Waals surface area contributed by atoms with Gasteiger partial charge in [0.05, 0.1) is 17.3 Å². The van der Waals surface area contributed by atoms with Crippen LogP contribution in [0.15, 0.2) is 54.6 Å². The number of benzene rings is 2. The molecule has 0 aliphatic carbocycles. The molecule has 0 bridgehead atoms. The summed E-state index contributed by atoms with van der Waals surface area (Å²) in [5.74, 6) is -1.81.